The van der Waals surface area contributed by atoms with Crippen LogP contribution >= 0.6 is 0 Å². The Bertz CT molecular complexity index is 767. The van der Waals surface area contributed by atoms with E-state index in [2.05, 4.69) is 4.98 Å². The number of urea groups is 1. The first-order valence-corrected chi connectivity index (χ1v) is 7.59. The highest BCUT2D eigenvalue weighted by molar-refractivity contribution is 6.05. The zero-order valence-electron chi connectivity index (χ0n) is 13.5. The van der Waals surface area contributed by atoms with Crippen LogP contribution in [0, 0.1) is 0 Å². The molecule has 2 N–H and O–H groups in total. The minimum atomic E-state index is -4.76. The third-order valence-electron chi connectivity index (χ3n) is 3.46. The Hall–Kier alpha value is -2.94. The summed E-state index contributed by atoms with van der Waals surface area (Å²) in [7, 11) is 0. The first-order valence-electron chi connectivity index (χ1n) is 7.59. The Labute approximate surface area is 147 Å². The van der Waals surface area contributed by atoms with Crippen molar-refractivity contribution >= 4 is 11.9 Å². The van der Waals surface area contributed by atoms with E-state index in [0.29, 0.717) is 6.07 Å². The van der Waals surface area contributed by atoms with Crippen LogP contribution in [-0.2, 0) is 12.7 Å². The lowest BCUT2D eigenvalue weighted by atomic mass is 10.1. The average Bonchev–Trinajstić information content (AvgIpc) is 2.61. The number of rotatable bonds is 5. The van der Waals surface area contributed by atoms with Crippen molar-refractivity contribution in [3.63, 3.8) is 0 Å². The van der Waals surface area contributed by atoms with Gasteiger partial charge in [0, 0.05) is 25.5 Å². The van der Waals surface area contributed by atoms with Gasteiger partial charge in [-0.1, -0.05) is 30.3 Å². The molecule has 9 heteroatoms. The topological polar surface area (TPSA) is 82.5 Å². The maximum absolute atomic E-state index is 13.0. The van der Waals surface area contributed by atoms with E-state index < -0.39 is 29.2 Å². The van der Waals surface area contributed by atoms with Crippen LogP contribution in [0.25, 0.3) is 0 Å². The standard InChI is InChI=1S/C17H16F3N3O3/c18-17(19,20)14-6-7-21-10-13(14)15(25)22-16(26)23(8-9-24)11-12-4-2-1-3-5-12/h1-7,10,24H,8-9,11H2,(H,22,25,26). The van der Waals surface area contributed by atoms with E-state index in [1.807, 2.05) is 5.32 Å². The quantitative estimate of drug-likeness (QED) is 0.850. The van der Waals surface area contributed by atoms with Crippen molar-refractivity contribution in [1.29, 1.82) is 0 Å². The largest absolute Gasteiger partial charge is 0.417 e. The molecule has 1 aromatic carbocycles. The number of pyridine rings is 1. The smallest absolute Gasteiger partial charge is 0.395 e. The second-order valence-electron chi connectivity index (χ2n) is 5.31. The van der Waals surface area contributed by atoms with Gasteiger partial charge in [0.2, 0.25) is 0 Å². The predicted octanol–water partition coefficient (Wildman–Crippen LogP) is 2.44. The van der Waals surface area contributed by atoms with Gasteiger partial charge in [0.05, 0.1) is 17.7 Å². The normalized spacial score (nSPS) is 11.1. The number of imide groups is 1. The number of aromatic nitrogens is 1. The zero-order valence-corrected chi connectivity index (χ0v) is 13.5. The van der Waals surface area contributed by atoms with Crippen molar-refractivity contribution in [2.24, 2.45) is 0 Å². The van der Waals surface area contributed by atoms with Gasteiger partial charge in [-0.3, -0.25) is 15.1 Å². The van der Waals surface area contributed by atoms with Gasteiger partial charge in [0.25, 0.3) is 5.91 Å². The number of aliphatic hydroxyl groups is 1. The molecule has 1 aromatic heterocycles. The molecule has 0 saturated carbocycles. The van der Waals surface area contributed by atoms with Gasteiger partial charge in [-0.2, -0.15) is 13.2 Å². The summed E-state index contributed by atoms with van der Waals surface area (Å²) >= 11 is 0. The molecule has 0 saturated heterocycles. The lowest BCUT2D eigenvalue weighted by Crippen LogP contribution is -2.44. The fraction of sp³-hybridized carbons (Fsp3) is 0.235. The molecule has 0 spiro atoms. The Morgan fingerprint density at radius 1 is 1.15 bits per heavy atom. The van der Waals surface area contributed by atoms with Gasteiger partial charge in [-0.05, 0) is 11.6 Å². The van der Waals surface area contributed by atoms with Gasteiger partial charge in [-0.15, -0.1) is 0 Å². The number of benzene rings is 1. The van der Waals surface area contributed by atoms with Crippen LogP contribution in [0.5, 0.6) is 0 Å². The molecule has 0 bridgehead atoms. The van der Waals surface area contributed by atoms with Gasteiger partial charge in [0.1, 0.15) is 0 Å². The van der Waals surface area contributed by atoms with E-state index in [-0.39, 0.29) is 19.7 Å². The van der Waals surface area contributed by atoms with Gasteiger partial charge < -0.3 is 10.0 Å². The number of carbonyl (C=O) groups excluding carboxylic acids is 2. The summed E-state index contributed by atoms with van der Waals surface area (Å²) in [5.41, 5.74) is -1.20. The lowest BCUT2D eigenvalue weighted by molar-refractivity contribution is -0.138. The van der Waals surface area contributed by atoms with Crippen LogP contribution in [-0.4, -0.2) is 40.1 Å². The van der Waals surface area contributed by atoms with Crippen molar-refractivity contribution in [3.05, 3.63) is 65.5 Å². The SMILES string of the molecule is O=C(NC(=O)N(CCO)Cc1ccccc1)c1cnccc1C(F)(F)F. The summed E-state index contributed by atoms with van der Waals surface area (Å²) in [5, 5.41) is 11.0. The van der Waals surface area contributed by atoms with Crippen LogP contribution in [0.4, 0.5) is 18.0 Å². The van der Waals surface area contributed by atoms with Crippen LogP contribution in [0.2, 0.25) is 0 Å². The minimum absolute atomic E-state index is 0.0830. The molecule has 2 aromatic rings. The van der Waals surface area contributed by atoms with Crippen molar-refractivity contribution in [2.75, 3.05) is 13.2 Å². The summed E-state index contributed by atoms with van der Waals surface area (Å²) in [4.78, 5) is 29.0. The fourth-order valence-electron chi connectivity index (χ4n) is 2.24. The number of hydrogen-bond acceptors (Lipinski definition) is 4. The van der Waals surface area contributed by atoms with Crippen molar-refractivity contribution in [1.82, 2.24) is 15.2 Å². The summed E-state index contributed by atoms with van der Waals surface area (Å²) < 4.78 is 38.9. The molecule has 1 heterocycles. The van der Waals surface area contributed by atoms with E-state index in [9.17, 15) is 22.8 Å². The molecular formula is C17H16F3N3O3. The first kappa shape index (κ1) is 19.4. The summed E-state index contributed by atoms with van der Waals surface area (Å²) in [5.74, 6) is -1.22. The average molecular weight is 367 g/mol. The predicted molar refractivity (Wildman–Crippen MR) is 86.0 cm³/mol. The maximum atomic E-state index is 13.0. The molecule has 26 heavy (non-hydrogen) atoms. The third kappa shape index (κ3) is 5.03. The molecule has 0 aliphatic rings. The number of alkyl halides is 3. The number of amides is 3. The Morgan fingerprint density at radius 3 is 2.46 bits per heavy atom. The molecule has 0 unspecified atom stereocenters. The fourth-order valence-corrected chi connectivity index (χ4v) is 2.24. The Morgan fingerprint density at radius 2 is 1.85 bits per heavy atom. The van der Waals surface area contributed by atoms with Gasteiger partial charge in [-0.25, -0.2) is 4.79 Å². The van der Waals surface area contributed by atoms with Gasteiger partial charge >= 0.3 is 12.2 Å². The molecular weight excluding hydrogens is 351 g/mol. The molecule has 0 fully saturated rings. The molecule has 0 radical (unpaired) electrons. The Kier molecular flexibility index (Phi) is 6.29. The monoisotopic (exact) mass is 367 g/mol. The van der Waals surface area contributed by atoms with E-state index in [1.165, 1.54) is 0 Å². The second kappa shape index (κ2) is 8.43. The molecule has 2 rings (SSSR count). The van der Waals surface area contributed by atoms with Crippen LogP contribution in [0.1, 0.15) is 21.5 Å². The van der Waals surface area contributed by atoms with Crippen LogP contribution < -0.4 is 5.32 Å². The second-order valence-corrected chi connectivity index (χ2v) is 5.31. The number of halogens is 3. The van der Waals surface area contributed by atoms with Crippen molar-refractivity contribution in [3.8, 4) is 0 Å². The highest BCUT2D eigenvalue weighted by Crippen LogP contribution is 2.31. The highest BCUT2D eigenvalue weighted by Gasteiger charge is 2.35. The van der Waals surface area contributed by atoms with E-state index >= 15 is 0 Å². The number of carbonyl (C=O) groups is 2. The molecule has 0 atom stereocenters. The third-order valence-corrected chi connectivity index (χ3v) is 3.46. The van der Waals surface area contributed by atoms with Crippen molar-refractivity contribution < 1.29 is 27.9 Å². The molecule has 6 nitrogen and oxygen atoms in total. The number of hydrogen-bond donors (Lipinski definition) is 2. The molecule has 3 amide bonds. The summed E-state index contributed by atoms with van der Waals surface area (Å²) in [6.45, 7) is -0.373. The minimum Gasteiger partial charge on any atom is -0.395 e. The van der Waals surface area contributed by atoms with Crippen LogP contribution in [0.3, 0.4) is 0 Å². The molecule has 0 aliphatic carbocycles. The molecule has 0 aliphatic heterocycles. The lowest BCUT2D eigenvalue weighted by Gasteiger charge is -2.22. The number of aliphatic hydroxyl groups excluding tert-OH is 1. The molecule has 138 valence electrons. The highest BCUT2D eigenvalue weighted by atomic mass is 19.4. The first-order chi connectivity index (χ1) is 12.3. The summed E-state index contributed by atoms with van der Waals surface area (Å²) in [6, 6.07) is 8.51. The van der Waals surface area contributed by atoms with Gasteiger partial charge in [0.15, 0.2) is 0 Å². The Balaban J connectivity index is 2.15. The van der Waals surface area contributed by atoms with E-state index in [4.69, 9.17) is 5.11 Å². The maximum Gasteiger partial charge on any atom is 0.417 e. The van der Waals surface area contributed by atoms with E-state index in [0.717, 1.165) is 22.9 Å². The van der Waals surface area contributed by atoms with E-state index in [1.54, 1.807) is 30.3 Å². The zero-order chi connectivity index (χ0) is 19.2. The number of nitrogens with one attached hydrogen (secondary N) is 1. The number of nitrogens with zero attached hydrogens (tertiary/aromatic N) is 2. The van der Waals surface area contributed by atoms with Crippen LogP contribution in [0.15, 0.2) is 48.8 Å². The van der Waals surface area contributed by atoms with Crippen molar-refractivity contribution in [2.45, 2.75) is 12.7 Å². The summed E-state index contributed by atoms with van der Waals surface area (Å²) in [6.07, 6.45) is -3.10.